The standard InChI is InChI=1S/C14H21NO/c1-11(2)13-3-5-14(6-4-13)16-8-7-12-9-15-10-12/h3-6,11-12,15H,7-10H2,1-2H3. The van der Waals surface area contributed by atoms with Crippen LogP contribution in [0.15, 0.2) is 24.3 Å². The van der Waals surface area contributed by atoms with E-state index < -0.39 is 0 Å². The first-order valence-corrected chi connectivity index (χ1v) is 6.19. The summed E-state index contributed by atoms with van der Waals surface area (Å²) in [5, 5.41) is 3.27. The molecule has 0 spiro atoms. The van der Waals surface area contributed by atoms with Crippen molar-refractivity contribution in [3.8, 4) is 5.75 Å². The van der Waals surface area contributed by atoms with E-state index in [0.717, 1.165) is 31.4 Å². The number of hydrogen-bond donors (Lipinski definition) is 1. The van der Waals surface area contributed by atoms with E-state index >= 15 is 0 Å². The summed E-state index contributed by atoms with van der Waals surface area (Å²) >= 11 is 0. The molecular weight excluding hydrogens is 198 g/mol. The number of hydrogen-bond acceptors (Lipinski definition) is 2. The van der Waals surface area contributed by atoms with Crippen LogP contribution in [0.4, 0.5) is 0 Å². The monoisotopic (exact) mass is 219 g/mol. The molecule has 1 aromatic rings. The number of nitrogens with one attached hydrogen (secondary N) is 1. The van der Waals surface area contributed by atoms with Crippen molar-refractivity contribution in [3.63, 3.8) is 0 Å². The van der Waals surface area contributed by atoms with Crippen LogP contribution in [0.5, 0.6) is 5.75 Å². The smallest absolute Gasteiger partial charge is 0.119 e. The highest BCUT2D eigenvalue weighted by Crippen LogP contribution is 2.19. The van der Waals surface area contributed by atoms with Gasteiger partial charge in [-0.2, -0.15) is 0 Å². The molecule has 0 aliphatic carbocycles. The zero-order chi connectivity index (χ0) is 11.4. The van der Waals surface area contributed by atoms with E-state index in [2.05, 4.69) is 43.4 Å². The first-order chi connectivity index (χ1) is 7.75. The quantitative estimate of drug-likeness (QED) is 0.822. The second-order valence-electron chi connectivity index (χ2n) is 4.89. The average molecular weight is 219 g/mol. The maximum absolute atomic E-state index is 5.72. The SMILES string of the molecule is CC(C)c1ccc(OCCC2CNC2)cc1. The minimum Gasteiger partial charge on any atom is -0.494 e. The van der Waals surface area contributed by atoms with Gasteiger partial charge in [-0.25, -0.2) is 0 Å². The van der Waals surface area contributed by atoms with Gasteiger partial charge in [0.25, 0.3) is 0 Å². The molecule has 0 saturated carbocycles. The van der Waals surface area contributed by atoms with Crippen LogP contribution in [0.1, 0.15) is 31.7 Å². The maximum Gasteiger partial charge on any atom is 0.119 e. The second kappa shape index (κ2) is 5.35. The van der Waals surface area contributed by atoms with Gasteiger partial charge in [0, 0.05) is 0 Å². The van der Waals surface area contributed by atoms with Crippen LogP contribution >= 0.6 is 0 Å². The molecule has 0 amide bonds. The van der Waals surface area contributed by atoms with Crippen molar-refractivity contribution in [1.82, 2.24) is 5.32 Å². The third-order valence-corrected chi connectivity index (χ3v) is 3.21. The highest BCUT2D eigenvalue weighted by molar-refractivity contribution is 5.28. The molecule has 2 rings (SSSR count). The summed E-state index contributed by atoms with van der Waals surface area (Å²) in [7, 11) is 0. The Morgan fingerprint density at radius 2 is 1.94 bits per heavy atom. The topological polar surface area (TPSA) is 21.3 Å². The summed E-state index contributed by atoms with van der Waals surface area (Å²) in [6.07, 6.45) is 1.17. The van der Waals surface area contributed by atoms with E-state index in [1.165, 1.54) is 12.0 Å². The lowest BCUT2D eigenvalue weighted by molar-refractivity contribution is 0.238. The van der Waals surface area contributed by atoms with Crippen LogP contribution in [0.3, 0.4) is 0 Å². The molecule has 1 saturated heterocycles. The fourth-order valence-electron chi connectivity index (χ4n) is 1.84. The molecule has 1 fully saturated rings. The molecule has 2 nitrogen and oxygen atoms in total. The van der Waals surface area contributed by atoms with Gasteiger partial charge in [0.05, 0.1) is 6.61 Å². The van der Waals surface area contributed by atoms with Gasteiger partial charge in [-0.1, -0.05) is 26.0 Å². The molecule has 0 aromatic heterocycles. The Kier molecular flexibility index (Phi) is 3.83. The minimum atomic E-state index is 0.593. The highest BCUT2D eigenvalue weighted by atomic mass is 16.5. The van der Waals surface area contributed by atoms with E-state index in [-0.39, 0.29) is 0 Å². The third kappa shape index (κ3) is 2.99. The van der Waals surface area contributed by atoms with E-state index in [4.69, 9.17) is 4.74 Å². The average Bonchev–Trinajstić information content (AvgIpc) is 2.22. The van der Waals surface area contributed by atoms with Gasteiger partial charge < -0.3 is 10.1 Å². The van der Waals surface area contributed by atoms with Crippen molar-refractivity contribution < 1.29 is 4.74 Å². The number of rotatable bonds is 5. The highest BCUT2D eigenvalue weighted by Gasteiger charge is 2.15. The molecule has 1 N–H and O–H groups in total. The third-order valence-electron chi connectivity index (χ3n) is 3.21. The number of benzene rings is 1. The summed E-state index contributed by atoms with van der Waals surface area (Å²) in [6, 6.07) is 8.47. The normalized spacial score (nSPS) is 16.2. The van der Waals surface area contributed by atoms with Gasteiger partial charge in [-0.3, -0.25) is 0 Å². The summed E-state index contributed by atoms with van der Waals surface area (Å²) in [6.45, 7) is 7.58. The fourth-order valence-corrected chi connectivity index (χ4v) is 1.84. The molecule has 2 heteroatoms. The van der Waals surface area contributed by atoms with E-state index in [9.17, 15) is 0 Å². The Hall–Kier alpha value is -1.02. The van der Waals surface area contributed by atoms with E-state index in [0.29, 0.717) is 5.92 Å². The van der Waals surface area contributed by atoms with E-state index in [1.54, 1.807) is 0 Å². The van der Waals surface area contributed by atoms with Crippen LogP contribution in [0.25, 0.3) is 0 Å². The van der Waals surface area contributed by atoms with Crippen LogP contribution in [0.2, 0.25) is 0 Å². The molecule has 0 atom stereocenters. The van der Waals surface area contributed by atoms with Crippen LogP contribution in [-0.4, -0.2) is 19.7 Å². The first kappa shape index (κ1) is 11.5. The lowest BCUT2D eigenvalue weighted by Crippen LogP contribution is -2.42. The lowest BCUT2D eigenvalue weighted by Gasteiger charge is -2.26. The van der Waals surface area contributed by atoms with Crippen LogP contribution in [-0.2, 0) is 0 Å². The fraction of sp³-hybridized carbons (Fsp3) is 0.571. The van der Waals surface area contributed by atoms with E-state index in [1.807, 2.05) is 0 Å². The summed E-state index contributed by atoms with van der Waals surface area (Å²) < 4.78 is 5.72. The minimum absolute atomic E-state index is 0.593. The van der Waals surface area contributed by atoms with Crippen molar-refractivity contribution in [2.75, 3.05) is 19.7 Å². The van der Waals surface area contributed by atoms with Gasteiger partial charge in [0.15, 0.2) is 0 Å². The molecule has 1 aliphatic heterocycles. The molecule has 16 heavy (non-hydrogen) atoms. The van der Waals surface area contributed by atoms with Crippen molar-refractivity contribution in [2.24, 2.45) is 5.92 Å². The van der Waals surface area contributed by atoms with Gasteiger partial charge in [0.2, 0.25) is 0 Å². The second-order valence-corrected chi connectivity index (χ2v) is 4.89. The van der Waals surface area contributed by atoms with Gasteiger partial charge in [0.1, 0.15) is 5.75 Å². The molecule has 0 unspecified atom stereocenters. The van der Waals surface area contributed by atoms with Gasteiger partial charge in [-0.15, -0.1) is 0 Å². The summed E-state index contributed by atoms with van der Waals surface area (Å²) in [4.78, 5) is 0. The van der Waals surface area contributed by atoms with Crippen molar-refractivity contribution in [2.45, 2.75) is 26.2 Å². The van der Waals surface area contributed by atoms with Crippen LogP contribution < -0.4 is 10.1 Å². The molecule has 1 heterocycles. The predicted molar refractivity (Wildman–Crippen MR) is 67.0 cm³/mol. The van der Waals surface area contributed by atoms with Crippen molar-refractivity contribution in [1.29, 1.82) is 0 Å². The maximum atomic E-state index is 5.72. The molecule has 0 radical (unpaired) electrons. The largest absolute Gasteiger partial charge is 0.494 e. The van der Waals surface area contributed by atoms with Crippen LogP contribution in [0, 0.1) is 5.92 Å². The Bertz CT molecular complexity index is 314. The zero-order valence-electron chi connectivity index (χ0n) is 10.2. The lowest BCUT2D eigenvalue weighted by atomic mass is 10.0. The molecule has 1 aromatic carbocycles. The Morgan fingerprint density at radius 1 is 1.25 bits per heavy atom. The summed E-state index contributed by atoms with van der Waals surface area (Å²) in [5.41, 5.74) is 1.37. The molecular formula is C14H21NO. The number of ether oxygens (including phenoxy) is 1. The zero-order valence-corrected chi connectivity index (χ0v) is 10.2. The summed E-state index contributed by atoms with van der Waals surface area (Å²) in [5.74, 6) is 2.42. The predicted octanol–water partition coefficient (Wildman–Crippen LogP) is 2.80. The molecule has 0 bridgehead atoms. The van der Waals surface area contributed by atoms with Crippen molar-refractivity contribution >= 4 is 0 Å². The molecule has 1 aliphatic rings. The Labute approximate surface area is 98.0 Å². The van der Waals surface area contributed by atoms with Crippen molar-refractivity contribution in [3.05, 3.63) is 29.8 Å². The Morgan fingerprint density at radius 3 is 2.44 bits per heavy atom. The first-order valence-electron chi connectivity index (χ1n) is 6.19. The van der Waals surface area contributed by atoms with Gasteiger partial charge in [-0.05, 0) is 49.0 Å². The molecule has 88 valence electrons. The Balaban J connectivity index is 1.75. The van der Waals surface area contributed by atoms with Gasteiger partial charge >= 0.3 is 0 Å².